The molecule has 0 bridgehead atoms. The zero-order valence-corrected chi connectivity index (χ0v) is 12.1. The number of rotatable bonds is 4. The molecule has 0 spiro atoms. The van der Waals surface area contributed by atoms with Crippen LogP contribution in [0, 0.1) is 11.3 Å². The number of hydrogen-bond acceptors (Lipinski definition) is 3. The minimum Gasteiger partial charge on any atom is -0.362 e. The summed E-state index contributed by atoms with van der Waals surface area (Å²) >= 11 is 3.32. The standard InChI is InChI=1S/C16H11BrN2O/c17-14-5-3-13(4-6-14)16(20)9-10-19-15-7-1-12(11-18)2-8-15/h1-10,19H. The number of ketones is 1. The van der Waals surface area contributed by atoms with Gasteiger partial charge >= 0.3 is 0 Å². The highest BCUT2D eigenvalue weighted by atomic mass is 79.9. The molecule has 98 valence electrons. The Morgan fingerprint density at radius 3 is 2.35 bits per heavy atom. The molecular weight excluding hydrogens is 316 g/mol. The molecular formula is C16H11BrN2O. The fourth-order valence-electron chi connectivity index (χ4n) is 1.56. The van der Waals surface area contributed by atoms with Crippen molar-refractivity contribution in [3.63, 3.8) is 0 Å². The predicted octanol–water partition coefficient (Wildman–Crippen LogP) is 4.13. The molecule has 0 amide bonds. The van der Waals surface area contributed by atoms with E-state index in [0.29, 0.717) is 11.1 Å². The van der Waals surface area contributed by atoms with Crippen LogP contribution in [0.5, 0.6) is 0 Å². The normalized spacial score (nSPS) is 10.2. The maximum absolute atomic E-state index is 11.9. The lowest BCUT2D eigenvalue weighted by atomic mass is 10.1. The summed E-state index contributed by atoms with van der Waals surface area (Å²) in [5.41, 5.74) is 2.06. The van der Waals surface area contributed by atoms with Crippen LogP contribution in [-0.2, 0) is 0 Å². The van der Waals surface area contributed by atoms with E-state index in [0.717, 1.165) is 10.2 Å². The lowest BCUT2D eigenvalue weighted by Crippen LogP contribution is -1.96. The van der Waals surface area contributed by atoms with Gasteiger partial charge in [-0.2, -0.15) is 5.26 Å². The molecule has 0 radical (unpaired) electrons. The maximum Gasteiger partial charge on any atom is 0.187 e. The second-order valence-electron chi connectivity index (χ2n) is 4.04. The molecule has 20 heavy (non-hydrogen) atoms. The highest BCUT2D eigenvalue weighted by molar-refractivity contribution is 9.10. The van der Waals surface area contributed by atoms with Crippen LogP contribution in [0.3, 0.4) is 0 Å². The van der Waals surface area contributed by atoms with Gasteiger partial charge in [-0.1, -0.05) is 15.9 Å². The van der Waals surface area contributed by atoms with E-state index in [-0.39, 0.29) is 5.78 Å². The van der Waals surface area contributed by atoms with Crippen molar-refractivity contribution in [2.24, 2.45) is 0 Å². The van der Waals surface area contributed by atoms with Gasteiger partial charge in [0.1, 0.15) is 0 Å². The first-order valence-electron chi connectivity index (χ1n) is 5.92. The number of anilines is 1. The smallest absolute Gasteiger partial charge is 0.187 e. The second-order valence-corrected chi connectivity index (χ2v) is 4.95. The molecule has 2 rings (SSSR count). The van der Waals surface area contributed by atoms with E-state index < -0.39 is 0 Å². The van der Waals surface area contributed by atoms with E-state index in [1.54, 1.807) is 42.6 Å². The van der Waals surface area contributed by atoms with Crippen molar-refractivity contribution in [3.05, 3.63) is 76.4 Å². The third-order valence-electron chi connectivity index (χ3n) is 2.63. The van der Waals surface area contributed by atoms with Crippen molar-refractivity contribution in [1.29, 1.82) is 5.26 Å². The number of benzene rings is 2. The molecule has 2 aromatic carbocycles. The van der Waals surface area contributed by atoms with Gasteiger partial charge in [0.25, 0.3) is 0 Å². The minimum atomic E-state index is -0.0707. The fraction of sp³-hybridized carbons (Fsp3) is 0. The van der Waals surface area contributed by atoms with Crippen LogP contribution in [-0.4, -0.2) is 5.78 Å². The van der Waals surface area contributed by atoms with Gasteiger partial charge in [-0.25, -0.2) is 0 Å². The third-order valence-corrected chi connectivity index (χ3v) is 3.16. The molecule has 0 atom stereocenters. The molecule has 0 unspecified atom stereocenters. The van der Waals surface area contributed by atoms with Gasteiger partial charge < -0.3 is 5.32 Å². The van der Waals surface area contributed by atoms with Crippen LogP contribution in [0.1, 0.15) is 15.9 Å². The lowest BCUT2D eigenvalue weighted by molar-refractivity contribution is 0.104. The first-order valence-corrected chi connectivity index (χ1v) is 6.71. The van der Waals surface area contributed by atoms with Crippen molar-refractivity contribution >= 4 is 27.4 Å². The Labute approximate surface area is 125 Å². The number of carbonyl (C=O) groups excluding carboxylic acids is 1. The zero-order chi connectivity index (χ0) is 14.4. The number of allylic oxidation sites excluding steroid dienone is 1. The Bertz CT molecular complexity index is 667. The van der Waals surface area contributed by atoms with E-state index >= 15 is 0 Å². The van der Waals surface area contributed by atoms with E-state index in [2.05, 4.69) is 27.3 Å². The number of carbonyl (C=O) groups is 1. The Balaban J connectivity index is 1.97. The van der Waals surface area contributed by atoms with Crippen molar-refractivity contribution in [2.45, 2.75) is 0 Å². The van der Waals surface area contributed by atoms with E-state index in [9.17, 15) is 4.79 Å². The molecule has 0 saturated heterocycles. The maximum atomic E-state index is 11.9. The summed E-state index contributed by atoms with van der Waals surface area (Å²) in [6, 6.07) is 16.2. The summed E-state index contributed by atoms with van der Waals surface area (Å²) in [4.78, 5) is 11.9. The Morgan fingerprint density at radius 2 is 1.75 bits per heavy atom. The van der Waals surface area contributed by atoms with E-state index in [1.165, 1.54) is 6.08 Å². The molecule has 1 N–H and O–H groups in total. The van der Waals surface area contributed by atoms with Crippen LogP contribution < -0.4 is 5.32 Å². The molecule has 4 heteroatoms. The van der Waals surface area contributed by atoms with Crippen LogP contribution >= 0.6 is 15.9 Å². The molecule has 0 heterocycles. The Hall–Kier alpha value is -2.38. The van der Waals surface area contributed by atoms with Crippen LogP contribution in [0.4, 0.5) is 5.69 Å². The van der Waals surface area contributed by atoms with Crippen LogP contribution in [0.15, 0.2) is 65.3 Å². The Morgan fingerprint density at radius 1 is 1.10 bits per heavy atom. The summed E-state index contributed by atoms with van der Waals surface area (Å²) in [6.07, 6.45) is 3.06. The number of halogens is 1. The van der Waals surface area contributed by atoms with Crippen molar-refractivity contribution in [2.75, 3.05) is 5.32 Å². The van der Waals surface area contributed by atoms with E-state index in [4.69, 9.17) is 5.26 Å². The second kappa shape index (κ2) is 6.69. The van der Waals surface area contributed by atoms with Crippen molar-refractivity contribution < 1.29 is 4.79 Å². The van der Waals surface area contributed by atoms with Gasteiger partial charge in [0, 0.05) is 28.0 Å². The van der Waals surface area contributed by atoms with E-state index in [1.807, 2.05) is 12.1 Å². The van der Waals surface area contributed by atoms with Gasteiger partial charge in [0.2, 0.25) is 0 Å². The van der Waals surface area contributed by atoms with Crippen LogP contribution in [0.2, 0.25) is 0 Å². The molecule has 0 aliphatic carbocycles. The average Bonchev–Trinajstić information content (AvgIpc) is 2.48. The number of hydrogen-bond donors (Lipinski definition) is 1. The average molecular weight is 327 g/mol. The third kappa shape index (κ3) is 3.81. The summed E-state index contributed by atoms with van der Waals surface area (Å²) < 4.78 is 0.939. The number of nitrogens with zero attached hydrogens (tertiary/aromatic N) is 1. The quantitative estimate of drug-likeness (QED) is 0.678. The number of nitriles is 1. The molecule has 0 saturated carbocycles. The Kier molecular flexibility index (Phi) is 4.70. The summed E-state index contributed by atoms with van der Waals surface area (Å²) in [6.45, 7) is 0. The molecule has 2 aromatic rings. The van der Waals surface area contributed by atoms with Gasteiger partial charge in [-0.3, -0.25) is 4.79 Å². The topological polar surface area (TPSA) is 52.9 Å². The molecule has 3 nitrogen and oxygen atoms in total. The molecule has 0 fully saturated rings. The zero-order valence-electron chi connectivity index (χ0n) is 10.5. The van der Waals surface area contributed by atoms with Gasteiger partial charge in [-0.15, -0.1) is 0 Å². The SMILES string of the molecule is N#Cc1ccc(NC=CC(=O)c2ccc(Br)cc2)cc1. The number of nitrogens with one attached hydrogen (secondary N) is 1. The van der Waals surface area contributed by atoms with Gasteiger partial charge in [-0.05, 0) is 48.5 Å². The van der Waals surface area contributed by atoms with Gasteiger partial charge in [0.05, 0.1) is 11.6 Å². The molecule has 0 aromatic heterocycles. The minimum absolute atomic E-state index is 0.0707. The molecule has 0 aliphatic rings. The summed E-state index contributed by atoms with van der Waals surface area (Å²) in [5, 5.41) is 11.7. The summed E-state index contributed by atoms with van der Waals surface area (Å²) in [7, 11) is 0. The largest absolute Gasteiger partial charge is 0.362 e. The van der Waals surface area contributed by atoms with Gasteiger partial charge in [0.15, 0.2) is 5.78 Å². The van der Waals surface area contributed by atoms with Crippen molar-refractivity contribution in [1.82, 2.24) is 0 Å². The first-order chi connectivity index (χ1) is 9.69. The lowest BCUT2D eigenvalue weighted by Gasteiger charge is -2.00. The first kappa shape index (κ1) is 14.0. The van der Waals surface area contributed by atoms with Crippen LogP contribution in [0.25, 0.3) is 0 Å². The summed E-state index contributed by atoms with van der Waals surface area (Å²) in [5.74, 6) is -0.0707. The fourth-order valence-corrected chi connectivity index (χ4v) is 1.83. The molecule has 0 aliphatic heterocycles. The monoisotopic (exact) mass is 326 g/mol. The highest BCUT2D eigenvalue weighted by Crippen LogP contribution is 2.12. The predicted molar refractivity (Wildman–Crippen MR) is 82.4 cm³/mol. The van der Waals surface area contributed by atoms with Crippen molar-refractivity contribution in [3.8, 4) is 6.07 Å². The highest BCUT2D eigenvalue weighted by Gasteiger charge is 2.00.